The molecule has 0 N–H and O–H groups in total. The van der Waals surface area contributed by atoms with Crippen LogP contribution < -0.4 is 0 Å². The number of rotatable bonds is 6. The minimum Gasteiger partial charge on any atom is -0.372 e. The van der Waals surface area contributed by atoms with E-state index in [0.717, 1.165) is 11.1 Å². The Labute approximate surface area is 110 Å². The van der Waals surface area contributed by atoms with E-state index in [2.05, 4.69) is 4.74 Å². The summed E-state index contributed by atoms with van der Waals surface area (Å²) in [6.07, 6.45) is -3.65. The van der Waals surface area contributed by atoms with Crippen LogP contribution >= 0.6 is 11.6 Å². The monoisotopic (exact) mass is 280 g/mol. The molecule has 0 radical (unpaired) electrons. The Balaban J connectivity index is 2.42. The molecule has 0 aliphatic carbocycles. The van der Waals surface area contributed by atoms with Gasteiger partial charge in [0.15, 0.2) is 0 Å². The lowest BCUT2D eigenvalue weighted by molar-refractivity contribution is -0.176. The van der Waals surface area contributed by atoms with Crippen LogP contribution in [-0.2, 0) is 11.2 Å². The molecule has 0 saturated carbocycles. The fourth-order valence-electron chi connectivity index (χ4n) is 1.67. The van der Waals surface area contributed by atoms with Crippen LogP contribution in [0.3, 0.4) is 0 Å². The van der Waals surface area contributed by atoms with Gasteiger partial charge in [-0.3, -0.25) is 0 Å². The van der Waals surface area contributed by atoms with Gasteiger partial charge in [0.1, 0.15) is 6.61 Å². The Morgan fingerprint density at radius 2 is 2.06 bits per heavy atom. The highest BCUT2D eigenvalue weighted by Crippen LogP contribution is 2.17. The second kappa shape index (κ2) is 7.00. The third kappa shape index (κ3) is 6.26. The maximum atomic E-state index is 11.9. The van der Waals surface area contributed by atoms with E-state index in [-0.39, 0.29) is 18.4 Å². The van der Waals surface area contributed by atoms with Gasteiger partial charge in [-0.05, 0) is 24.8 Å². The minimum atomic E-state index is -4.28. The minimum absolute atomic E-state index is 0.0248. The van der Waals surface area contributed by atoms with Crippen LogP contribution in [0, 0.1) is 12.8 Å². The van der Waals surface area contributed by atoms with Gasteiger partial charge in [-0.15, -0.1) is 11.6 Å². The topological polar surface area (TPSA) is 9.23 Å². The Kier molecular flexibility index (Phi) is 5.96. The SMILES string of the molecule is Cc1cccc(CC(CCl)COCC(F)(F)F)c1. The van der Waals surface area contributed by atoms with E-state index < -0.39 is 12.8 Å². The van der Waals surface area contributed by atoms with Crippen molar-refractivity contribution in [1.29, 1.82) is 0 Å². The number of aryl methyl sites for hydroxylation is 1. The predicted octanol–water partition coefficient (Wildman–Crippen LogP) is 3.97. The second-order valence-electron chi connectivity index (χ2n) is 4.34. The van der Waals surface area contributed by atoms with Crippen molar-refractivity contribution in [2.45, 2.75) is 19.5 Å². The molecule has 0 heterocycles. The molecule has 1 nitrogen and oxygen atoms in total. The number of hydrogen-bond acceptors (Lipinski definition) is 1. The molecule has 0 fully saturated rings. The summed E-state index contributed by atoms with van der Waals surface area (Å²) in [5, 5.41) is 0. The zero-order valence-electron chi connectivity index (χ0n) is 10.1. The third-order valence-corrected chi connectivity index (χ3v) is 2.88. The summed E-state index contributed by atoms with van der Waals surface area (Å²) in [5.74, 6) is 0.182. The first-order valence-electron chi connectivity index (χ1n) is 5.66. The zero-order chi connectivity index (χ0) is 13.6. The smallest absolute Gasteiger partial charge is 0.372 e. The Morgan fingerprint density at radius 3 is 2.61 bits per heavy atom. The van der Waals surface area contributed by atoms with Gasteiger partial charge >= 0.3 is 6.18 Å². The van der Waals surface area contributed by atoms with Crippen molar-refractivity contribution in [1.82, 2.24) is 0 Å². The number of ether oxygens (including phenoxy) is 1. The highest BCUT2D eigenvalue weighted by atomic mass is 35.5. The van der Waals surface area contributed by atoms with Gasteiger partial charge in [0, 0.05) is 5.88 Å². The molecule has 5 heteroatoms. The highest BCUT2D eigenvalue weighted by molar-refractivity contribution is 6.18. The summed E-state index contributed by atoms with van der Waals surface area (Å²) in [4.78, 5) is 0. The second-order valence-corrected chi connectivity index (χ2v) is 4.65. The van der Waals surface area contributed by atoms with Crippen LogP contribution in [0.5, 0.6) is 0 Å². The molecule has 0 saturated heterocycles. The first-order valence-corrected chi connectivity index (χ1v) is 6.20. The fraction of sp³-hybridized carbons (Fsp3) is 0.538. The third-order valence-electron chi connectivity index (χ3n) is 2.44. The molecule has 1 rings (SSSR count). The molecule has 0 aromatic heterocycles. The van der Waals surface area contributed by atoms with E-state index in [1.807, 2.05) is 31.2 Å². The molecule has 1 unspecified atom stereocenters. The quantitative estimate of drug-likeness (QED) is 0.717. The first-order chi connectivity index (χ1) is 8.40. The van der Waals surface area contributed by atoms with E-state index >= 15 is 0 Å². The summed E-state index contributed by atoms with van der Waals surface area (Å²) in [7, 11) is 0. The van der Waals surface area contributed by atoms with Crippen molar-refractivity contribution >= 4 is 11.6 Å². The largest absolute Gasteiger partial charge is 0.411 e. The Hall–Kier alpha value is -0.740. The molecule has 0 aliphatic heterocycles. The van der Waals surface area contributed by atoms with E-state index in [0.29, 0.717) is 6.42 Å². The number of benzene rings is 1. The molecule has 0 amide bonds. The van der Waals surface area contributed by atoms with Gasteiger partial charge < -0.3 is 4.74 Å². The number of hydrogen-bond donors (Lipinski definition) is 0. The Morgan fingerprint density at radius 1 is 1.33 bits per heavy atom. The van der Waals surface area contributed by atoms with Gasteiger partial charge in [-0.1, -0.05) is 29.8 Å². The number of halogens is 4. The molecule has 18 heavy (non-hydrogen) atoms. The first kappa shape index (κ1) is 15.3. The van der Waals surface area contributed by atoms with Crippen molar-refractivity contribution in [3.8, 4) is 0 Å². The molecule has 0 aliphatic rings. The average molecular weight is 281 g/mol. The highest BCUT2D eigenvalue weighted by Gasteiger charge is 2.27. The lowest BCUT2D eigenvalue weighted by Gasteiger charge is -2.15. The van der Waals surface area contributed by atoms with Crippen molar-refractivity contribution in [3.05, 3.63) is 35.4 Å². The summed E-state index contributed by atoms with van der Waals surface area (Å²) < 4.78 is 40.4. The Bertz CT molecular complexity index is 365. The molecule has 1 atom stereocenters. The van der Waals surface area contributed by atoms with Crippen molar-refractivity contribution in [3.63, 3.8) is 0 Å². The van der Waals surface area contributed by atoms with Crippen LogP contribution in [0.4, 0.5) is 13.2 Å². The van der Waals surface area contributed by atoms with Gasteiger partial charge in [0.05, 0.1) is 6.61 Å². The summed E-state index contributed by atoms with van der Waals surface area (Å²) >= 11 is 5.75. The van der Waals surface area contributed by atoms with Crippen molar-refractivity contribution in [2.75, 3.05) is 19.1 Å². The zero-order valence-corrected chi connectivity index (χ0v) is 10.9. The lowest BCUT2D eigenvalue weighted by Crippen LogP contribution is -2.22. The molecule has 0 bridgehead atoms. The molecule has 0 spiro atoms. The predicted molar refractivity (Wildman–Crippen MR) is 66.0 cm³/mol. The maximum absolute atomic E-state index is 11.9. The number of alkyl halides is 4. The van der Waals surface area contributed by atoms with Crippen LogP contribution in [0.15, 0.2) is 24.3 Å². The normalized spacial score (nSPS) is 13.6. The fourth-order valence-corrected chi connectivity index (χ4v) is 1.87. The van der Waals surface area contributed by atoms with Crippen LogP contribution in [0.1, 0.15) is 11.1 Å². The van der Waals surface area contributed by atoms with Crippen molar-refractivity contribution < 1.29 is 17.9 Å². The van der Waals surface area contributed by atoms with Gasteiger partial charge in [-0.2, -0.15) is 13.2 Å². The summed E-state index contributed by atoms with van der Waals surface area (Å²) in [5.41, 5.74) is 2.19. The van der Waals surface area contributed by atoms with E-state index in [1.54, 1.807) is 0 Å². The van der Waals surface area contributed by atoms with Crippen LogP contribution in [0.2, 0.25) is 0 Å². The van der Waals surface area contributed by atoms with Crippen LogP contribution in [0.25, 0.3) is 0 Å². The molecule has 1 aromatic carbocycles. The van der Waals surface area contributed by atoms with Gasteiger partial charge in [0.25, 0.3) is 0 Å². The molecular weight excluding hydrogens is 265 g/mol. The van der Waals surface area contributed by atoms with E-state index in [4.69, 9.17) is 11.6 Å². The van der Waals surface area contributed by atoms with Crippen LogP contribution in [-0.4, -0.2) is 25.3 Å². The summed E-state index contributed by atoms with van der Waals surface area (Å²) in [6.45, 7) is 0.782. The maximum Gasteiger partial charge on any atom is 0.411 e. The summed E-state index contributed by atoms with van der Waals surface area (Å²) in [6, 6.07) is 7.84. The molecular formula is C13H16ClF3O. The average Bonchev–Trinajstić information content (AvgIpc) is 2.26. The lowest BCUT2D eigenvalue weighted by atomic mass is 10.0. The van der Waals surface area contributed by atoms with E-state index in [9.17, 15) is 13.2 Å². The molecule has 1 aromatic rings. The van der Waals surface area contributed by atoms with E-state index in [1.165, 1.54) is 0 Å². The molecule has 102 valence electrons. The standard InChI is InChI=1S/C13H16ClF3O/c1-10-3-2-4-11(5-10)6-12(7-14)8-18-9-13(15,16)17/h2-5,12H,6-9H2,1H3. The van der Waals surface area contributed by atoms with Gasteiger partial charge in [0.2, 0.25) is 0 Å². The van der Waals surface area contributed by atoms with Gasteiger partial charge in [-0.25, -0.2) is 0 Å². The van der Waals surface area contributed by atoms with Crippen molar-refractivity contribution in [2.24, 2.45) is 5.92 Å².